The van der Waals surface area contributed by atoms with Gasteiger partial charge >= 0.3 is 5.97 Å². The number of hydrogen-bond donors (Lipinski definition) is 1. The van der Waals surface area contributed by atoms with Crippen molar-refractivity contribution >= 4 is 23.3 Å². The molecule has 0 saturated carbocycles. The first kappa shape index (κ1) is 20.1. The van der Waals surface area contributed by atoms with Gasteiger partial charge in [-0.1, -0.05) is 35.6 Å². The van der Waals surface area contributed by atoms with Crippen LogP contribution in [-0.4, -0.2) is 11.8 Å². The number of nitrogens with one attached hydrogen (secondary N) is 1. The second-order valence-corrected chi connectivity index (χ2v) is 8.19. The number of cyclic esters (lactones) is 1. The molecule has 0 unspecified atom stereocenters. The molecule has 2 aromatic carbocycles. The van der Waals surface area contributed by atoms with Crippen LogP contribution in [0, 0.1) is 11.8 Å². The number of rotatable bonds is 3. The number of carbonyl (C=O) groups excluding carboxylic acids is 1. The summed E-state index contributed by atoms with van der Waals surface area (Å²) in [7, 11) is 0. The van der Waals surface area contributed by atoms with Crippen molar-refractivity contribution in [2.45, 2.75) is 39.0 Å². The molecule has 152 valence electrons. The third-order valence-corrected chi connectivity index (χ3v) is 5.13. The van der Waals surface area contributed by atoms with Crippen LogP contribution in [0.3, 0.4) is 0 Å². The van der Waals surface area contributed by atoms with Crippen LogP contribution in [0.25, 0.3) is 0 Å². The second-order valence-electron chi connectivity index (χ2n) is 7.71. The smallest absolute Gasteiger partial charge is 0.345 e. The van der Waals surface area contributed by atoms with Gasteiger partial charge in [0, 0.05) is 48.3 Å². The lowest BCUT2D eigenvalue weighted by Crippen LogP contribution is -2.38. The van der Waals surface area contributed by atoms with E-state index in [1.54, 1.807) is 19.9 Å². The lowest BCUT2D eigenvalue weighted by molar-refractivity contribution is -0.127. The molecule has 1 heterocycles. The van der Waals surface area contributed by atoms with Crippen LogP contribution in [0.5, 0.6) is 5.75 Å². The van der Waals surface area contributed by atoms with Crippen molar-refractivity contribution in [2.75, 3.05) is 5.32 Å². The highest BCUT2D eigenvalue weighted by Crippen LogP contribution is 2.33. The average molecular weight is 420 g/mol. The highest BCUT2D eigenvalue weighted by molar-refractivity contribution is 6.29. The highest BCUT2D eigenvalue weighted by Gasteiger charge is 2.33. The molecule has 1 aliphatic heterocycles. The Morgan fingerprint density at radius 1 is 1.03 bits per heavy atom. The van der Waals surface area contributed by atoms with Gasteiger partial charge in [0.1, 0.15) is 11.3 Å². The Balaban J connectivity index is 1.39. The van der Waals surface area contributed by atoms with E-state index in [2.05, 4.69) is 29.3 Å². The largest absolute Gasteiger partial charge is 0.452 e. The lowest BCUT2D eigenvalue weighted by Gasteiger charge is -2.31. The SMILES string of the molecule is CC1(C)OC(=O)c2ccc(NCc3ccc(C#CC4=CC=C(Cl)CC4)cc3)cc2O1. The molecule has 30 heavy (non-hydrogen) atoms. The first-order valence-corrected chi connectivity index (χ1v) is 10.2. The normalized spacial score (nSPS) is 16.7. The molecule has 1 aliphatic carbocycles. The molecule has 2 aliphatic rings. The van der Waals surface area contributed by atoms with Crippen LogP contribution in [0.1, 0.15) is 48.2 Å². The number of halogens is 1. The number of esters is 1. The molecule has 0 fully saturated rings. The number of ether oxygens (including phenoxy) is 2. The summed E-state index contributed by atoms with van der Waals surface area (Å²) in [6.07, 6.45) is 5.66. The number of benzene rings is 2. The Kier molecular flexibility index (Phi) is 5.57. The van der Waals surface area contributed by atoms with Gasteiger partial charge in [-0.2, -0.15) is 0 Å². The van der Waals surface area contributed by atoms with Crippen molar-refractivity contribution in [3.63, 3.8) is 0 Å². The Hall–Kier alpha value is -3.16. The molecule has 0 amide bonds. The second kappa shape index (κ2) is 8.30. The predicted molar refractivity (Wildman–Crippen MR) is 118 cm³/mol. The van der Waals surface area contributed by atoms with E-state index in [1.165, 1.54) is 0 Å². The molecule has 4 rings (SSSR count). The average Bonchev–Trinajstić information content (AvgIpc) is 2.71. The number of fused-ring (bicyclic) bond motifs is 1. The van der Waals surface area contributed by atoms with Crippen LogP contribution in [0.4, 0.5) is 5.69 Å². The minimum absolute atomic E-state index is 0.368. The number of hydrogen-bond acceptors (Lipinski definition) is 4. The zero-order valence-electron chi connectivity index (χ0n) is 16.9. The number of carbonyl (C=O) groups is 1. The fraction of sp³-hybridized carbons (Fsp3) is 0.240. The Bertz CT molecular complexity index is 1100. The molecule has 0 saturated heterocycles. The minimum Gasteiger partial charge on any atom is -0.452 e. The molecule has 0 atom stereocenters. The van der Waals surface area contributed by atoms with Gasteiger partial charge in [-0.15, -0.1) is 0 Å². The van der Waals surface area contributed by atoms with E-state index in [9.17, 15) is 4.79 Å². The van der Waals surface area contributed by atoms with Crippen molar-refractivity contribution in [1.82, 2.24) is 0 Å². The molecule has 2 aromatic rings. The van der Waals surface area contributed by atoms with Gasteiger partial charge in [-0.25, -0.2) is 4.79 Å². The fourth-order valence-electron chi connectivity index (χ4n) is 3.23. The zero-order valence-corrected chi connectivity index (χ0v) is 17.7. The summed E-state index contributed by atoms with van der Waals surface area (Å²) in [5.74, 6) is 5.62. The number of anilines is 1. The molecule has 0 radical (unpaired) electrons. The summed E-state index contributed by atoms with van der Waals surface area (Å²) in [5.41, 5.74) is 4.52. The van der Waals surface area contributed by atoms with E-state index >= 15 is 0 Å². The van der Waals surface area contributed by atoms with E-state index < -0.39 is 5.79 Å². The van der Waals surface area contributed by atoms with Crippen molar-refractivity contribution in [3.8, 4) is 17.6 Å². The maximum absolute atomic E-state index is 12.0. The van der Waals surface area contributed by atoms with Gasteiger partial charge in [0.15, 0.2) is 0 Å². The van der Waals surface area contributed by atoms with Crippen molar-refractivity contribution < 1.29 is 14.3 Å². The molecular weight excluding hydrogens is 398 g/mol. The summed E-state index contributed by atoms with van der Waals surface area (Å²) >= 11 is 5.98. The Morgan fingerprint density at radius 2 is 1.83 bits per heavy atom. The quantitative estimate of drug-likeness (QED) is 0.506. The highest BCUT2D eigenvalue weighted by atomic mass is 35.5. The van der Waals surface area contributed by atoms with Crippen LogP contribution in [0.2, 0.25) is 0 Å². The minimum atomic E-state index is -0.963. The summed E-state index contributed by atoms with van der Waals surface area (Å²) in [6, 6.07) is 13.5. The van der Waals surface area contributed by atoms with Crippen molar-refractivity contribution in [3.05, 3.63) is 81.9 Å². The first-order chi connectivity index (χ1) is 14.4. The summed E-state index contributed by atoms with van der Waals surface area (Å²) < 4.78 is 11.0. The fourth-order valence-corrected chi connectivity index (χ4v) is 3.39. The van der Waals surface area contributed by atoms with Crippen LogP contribution >= 0.6 is 11.6 Å². The van der Waals surface area contributed by atoms with Crippen LogP contribution < -0.4 is 10.1 Å². The van der Waals surface area contributed by atoms with Crippen LogP contribution in [0.15, 0.2) is 65.2 Å². The van der Waals surface area contributed by atoms with Crippen LogP contribution in [-0.2, 0) is 11.3 Å². The van der Waals surface area contributed by atoms with Gasteiger partial charge < -0.3 is 14.8 Å². The predicted octanol–water partition coefficient (Wildman–Crippen LogP) is 5.78. The Morgan fingerprint density at radius 3 is 2.57 bits per heavy atom. The molecule has 0 bridgehead atoms. The van der Waals surface area contributed by atoms with Crippen molar-refractivity contribution in [1.29, 1.82) is 0 Å². The third kappa shape index (κ3) is 4.87. The van der Waals surface area contributed by atoms with E-state index in [0.717, 1.165) is 40.3 Å². The van der Waals surface area contributed by atoms with E-state index in [0.29, 0.717) is 17.9 Å². The van der Waals surface area contributed by atoms with Gasteiger partial charge in [0.25, 0.3) is 0 Å². The molecule has 1 N–H and O–H groups in total. The van der Waals surface area contributed by atoms with Gasteiger partial charge in [-0.05, 0) is 54.8 Å². The molecular formula is C25H22ClNO3. The molecule has 0 spiro atoms. The number of allylic oxidation sites excluding steroid dienone is 4. The standard InChI is InChI=1S/C25H22ClNO3/c1-25(2)29-23-15-21(13-14-22(23)24(28)30-25)27-16-19-7-5-17(6-8-19)3-4-18-9-11-20(26)12-10-18/h5-9,11,13-15,27H,10,12,16H2,1-2H3. The molecule has 0 aromatic heterocycles. The third-order valence-electron chi connectivity index (χ3n) is 4.81. The van der Waals surface area contributed by atoms with Gasteiger partial charge in [0.2, 0.25) is 5.79 Å². The topological polar surface area (TPSA) is 47.6 Å². The molecule has 5 heteroatoms. The zero-order chi connectivity index (χ0) is 21.1. The summed E-state index contributed by atoms with van der Waals surface area (Å²) in [6.45, 7) is 4.08. The Labute approximate surface area is 181 Å². The van der Waals surface area contributed by atoms with E-state index in [-0.39, 0.29) is 5.97 Å². The summed E-state index contributed by atoms with van der Waals surface area (Å²) in [5, 5.41) is 4.25. The van der Waals surface area contributed by atoms with Crippen molar-refractivity contribution in [2.24, 2.45) is 0 Å². The maximum atomic E-state index is 12.0. The summed E-state index contributed by atoms with van der Waals surface area (Å²) in [4.78, 5) is 12.0. The van der Waals surface area contributed by atoms with Gasteiger partial charge in [0.05, 0.1) is 0 Å². The van der Waals surface area contributed by atoms with E-state index in [1.807, 2.05) is 36.4 Å². The molecule has 4 nitrogen and oxygen atoms in total. The maximum Gasteiger partial charge on any atom is 0.345 e. The monoisotopic (exact) mass is 419 g/mol. The first-order valence-electron chi connectivity index (χ1n) is 9.84. The van der Waals surface area contributed by atoms with Gasteiger partial charge in [-0.3, -0.25) is 0 Å². The lowest BCUT2D eigenvalue weighted by atomic mass is 10.0. The van der Waals surface area contributed by atoms with E-state index in [4.69, 9.17) is 21.1 Å².